The van der Waals surface area contributed by atoms with Crippen LogP contribution in [0.2, 0.25) is 0 Å². The fraction of sp³-hybridized carbons (Fsp3) is 0.267. The molecule has 0 fully saturated rings. The second kappa shape index (κ2) is 28.8. The second-order valence-electron chi connectivity index (χ2n) is 33.0. The Morgan fingerprint density at radius 1 is 0.378 bits per heavy atom. The first-order valence-corrected chi connectivity index (χ1v) is 40.1. The average Bonchev–Trinajstić information content (AvgIpc) is 1.50. The molecule has 0 aliphatic heterocycles. The van der Waals surface area contributed by atoms with Crippen molar-refractivity contribution in [2.45, 2.75) is 166 Å². The number of benzene rings is 12. The van der Waals surface area contributed by atoms with Crippen molar-refractivity contribution in [1.29, 1.82) is 0 Å². The third-order valence-electron chi connectivity index (χ3n) is 25.9. The second-order valence-corrected chi connectivity index (χ2v) is 33.0. The summed E-state index contributed by atoms with van der Waals surface area (Å²) in [6.45, 7) is 15.3. The van der Waals surface area contributed by atoms with E-state index in [1.54, 1.807) is 80.6 Å². The lowest BCUT2D eigenvalue weighted by molar-refractivity contribution is -0.144. The smallest absolute Gasteiger partial charge is 0.496 e. The summed E-state index contributed by atoms with van der Waals surface area (Å²) in [5.74, 6) is 0.559. The molecule has 2 spiro atoms. The molecule has 2 atom stereocenters. The first-order valence-electron chi connectivity index (χ1n) is 40.1. The highest BCUT2D eigenvalue weighted by Gasteiger charge is 2.59. The first-order chi connectivity index (χ1) is 56.6. The summed E-state index contributed by atoms with van der Waals surface area (Å²) in [4.78, 5) is 25.1. The van der Waals surface area contributed by atoms with Crippen LogP contribution in [0.15, 0.2) is 206 Å². The average molecular weight is 1620 g/mol. The van der Waals surface area contributed by atoms with Crippen LogP contribution in [-0.4, -0.2) is 19.7 Å². The van der Waals surface area contributed by atoms with Crippen molar-refractivity contribution in [3.63, 3.8) is 0 Å². The highest BCUT2D eigenvalue weighted by Crippen LogP contribution is 2.70. The van der Waals surface area contributed by atoms with Crippen LogP contribution in [-0.2, 0) is 51.2 Å². The Morgan fingerprint density at radius 2 is 0.807 bits per heavy atom. The van der Waals surface area contributed by atoms with Gasteiger partial charge in [0.1, 0.15) is 23.0 Å². The number of rotatable bonds is 19. The molecule has 0 heterocycles. The Kier molecular flexibility index (Phi) is 19.3. The molecule has 0 saturated carbocycles. The number of hydrogen-bond donors (Lipinski definition) is 0. The van der Waals surface area contributed by atoms with Gasteiger partial charge in [-0.15, -0.1) is 0 Å². The summed E-state index contributed by atoms with van der Waals surface area (Å²) in [6.07, 6.45) is -13.5. The Labute approximate surface area is 681 Å². The number of methoxy groups -OCH3 is 1. The first kappa shape index (κ1) is 79.8. The normalized spacial score (nSPS) is 16.1. The summed E-state index contributed by atoms with van der Waals surface area (Å²) < 4.78 is 212. The predicted molar refractivity (Wildman–Crippen MR) is 438 cm³/mol. The van der Waals surface area contributed by atoms with E-state index in [-0.39, 0.29) is 73.9 Å². The monoisotopic (exact) mass is 1620 g/mol. The highest BCUT2D eigenvalue weighted by atomic mass is 19.4. The number of carbonyl (C=O) groups is 2. The SMILES string of the molecule is CCCCCCC1(CCCCCC)c2cc(-c3ccc4c(c3)C3(c5cc(C)ccc5-4)c4cc(C)c(OC)cc4-c4c(C(F)(F)F)cc(C(F)(F)F)cc43)ccc2-c2ccc(-c3ccc4c(c3)C3(c5ccccc5-4)c4cc(C(F)(F)F)cc(C(F)(F)F)c4-c4c3cc(C)c(OC(=O)Oc3ccc(C(C)(C)c5ccc(OC=O)cc5)cc3)c4C)cc21. The van der Waals surface area contributed by atoms with Crippen molar-refractivity contribution in [2.75, 3.05) is 7.11 Å². The van der Waals surface area contributed by atoms with Gasteiger partial charge in [0.15, 0.2) is 0 Å². The Morgan fingerprint density at radius 3 is 1.30 bits per heavy atom. The van der Waals surface area contributed by atoms with Crippen LogP contribution in [0.3, 0.4) is 0 Å². The standard InChI is InChI=1S/C101H82F12O6/c1-10-12-14-18-40-95(41-19-15-13-11-2)77-45-59(23-36-70(77)71-37-24-60(46-78(71)95)62-26-39-74-72-35-22-55(3)42-79(72)97(82(74)48-62)80-43-56(4)88(116-9)53-75(80)90-84(97)49-65(98(102,103)104)51-86(90)100(108,109)110)61-25-38-73-69-20-16-17-21-76(69)96(81(73)47-61)83-44-57(5)92(58(6)89(83)91-85(96)50-66(99(105,106)107)52-87(91)101(111,112)113)119-93(115)118-68-33-29-64(30-34-68)94(7,8)63-27-31-67(32-28-63)117-54-114/h16-17,20-39,42-54H,10-15,18-19,40-41H2,1-9H3. The summed E-state index contributed by atoms with van der Waals surface area (Å²) in [6, 6.07) is 57.6. The van der Waals surface area contributed by atoms with Crippen LogP contribution < -0.4 is 18.9 Å². The van der Waals surface area contributed by atoms with Gasteiger partial charge < -0.3 is 18.9 Å². The molecule has 6 nitrogen and oxygen atoms in total. The molecule has 5 aliphatic carbocycles. The molecule has 12 aromatic rings. The summed E-state index contributed by atoms with van der Waals surface area (Å²) in [7, 11) is 1.40. The maximum absolute atomic E-state index is 16.3. The third-order valence-corrected chi connectivity index (χ3v) is 25.9. The van der Waals surface area contributed by atoms with Gasteiger partial charge in [0.05, 0.1) is 40.2 Å². The zero-order chi connectivity index (χ0) is 84.2. The zero-order valence-corrected chi connectivity index (χ0v) is 66.8. The summed E-state index contributed by atoms with van der Waals surface area (Å²) in [5, 5.41) is 0. The molecule has 2 unspecified atom stereocenters. The van der Waals surface area contributed by atoms with E-state index < -0.39 is 80.3 Å². The molecule has 0 aromatic heterocycles. The number of ether oxygens (including phenoxy) is 4. The van der Waals surface area contributed by atoms with Gasteiger partial charge in [0.2, 0.25) is 0 Å². The highest BCUT2D eigenvalue weighted by molar-refractivity contribution is 6.01. The summed E-state index contributed by atoms with van der Waals surface area (Å²) in [5.41, 5.74) is 3.40. The molecule has 12 aromatic carbocycles. The van der Waals surface area contributed by atoms with Crippen molar-refractivity contribution in [2.24, 2.45) is 0 Å². The number of halogens is 12. The molecule has 0 amide bonds. The van der Waals surface area contributed by atoms with E-state index in [2.05, 4.69) is 38.1 Å². The van der Waals surface area contributed by atoms with Crippen LogP contribution in [0.5, 0.6) is 23.0 Å². The predicted octanol–water partition coefficient (Wildman–Crippen LogP) is 28.7. The number of unbranched alkanes of at least 4 members (excludes halogenated alkanes) is 6. The number of alkyl halides is 12. The number of hydrogen-bond acceptors (Lipinski definition) is 6. The van der Waals surface area contributed by atoms with Gasteiger partial charge in [0.25, 0.3) is 6.47 Å². The van der Waals surface area contributed by atoms with Gasteiger partial charge in [0, 0.05) is 16.4 Å². The van der Waals surface area contributed by atoms with Crippen LogP contribution in [0.25, 0.3) is 77.9 Å². The fourth-order valence-electron chi connectivity index (χ4n) is 20.4. The molecule has 0 radical (unpaired) electrons. The molecule has 17 rings (SSSR count). The molecule has 606 valence electrons. The van der Waals surface area contributed by atoms with Gasteiger partial charge in [-0.1, -0.05) is 212 Å². The summed E-state index contributed by atoms with van der Waals surface area (Å²) >= 11 is 0. The molecule has 0 saturated heterocycles. The third kappa shape index (κ3) is 12.6. The van der Waals surface area contributed by atoms with Gasteiger partial charge in [-0.05, 0) is 275 Å². The van der Waals surface area contributed by atoms with Crippen LogP contribution in [0, 0.1) is 27.7 Å². The van der Waals surface area contributed by atoms with Crippen molar-refractivity contribution in [3.05, 3.63) is 318 Å². The van der Waals surface area contributed by atoms with Crippen molar-refractivity contribution < 1.29 is 81.2 Å². The molecular formula is C101H82F12O6. The van der Waals surface area contributed by atoms with E-state index in [1.165, 1.54) is 20.1 Å². The van der Waals surface area contributed by atoms with Crippen molar-refractivity contribution in [3.8, 4) is 101 Å². The van der Waals surface area contributed by atoms with Gasteiger partial charge in [-0.3, -0.25) is 4.79 Å². The number of carbonyl (C=O) groups excluding carboxylic acids is 2. The van der Waals surface area contributed by atoms with Crippen LogP contribution >= 0.6 is 0 Å². The molecule has 5 aliphatic rings. The molecular weight excluding hydrogens is 1540 g/mol. The minimum atomic E-state index is -5.36. The molecule has 0 N–H and O–H groups in total. The van der Waals surface area contributed by atoms with E-state index in [4.69, 9.17) is 18.9 Å². The lowest BCUT2D eigenvalue weighted by Gasteiger charge is -2.34. The van der Waals surface area contributed by atoms with E-state index in [0.717, 1.165) is 114 Å². The lowest BCUT2D eigenvalue weighted by Crippen LogP contribution is -2.27. The van der Waals surface area contributed by atoms with E-state index >= 15 is 52.7 Å². The number of fused-ring (bicyclic) bond motifs is 23. The van der Waals surface area contributed by atoms with Crippen LogP contribution in [0.1, 0.15) is 203 Å². The maximum atomic E-state index is 16.3. The largest absolute Gasteiger partial charge is 0.519 e. The molecule has 18 heteroatoms. The fourth-order valence-corrected chi connectivity index (χ4v) is 20.4. The Balaban J connectivity index is 0.808. The van der Waals surface area contributed by atoms with E-state index in [1.807, 2.05) is 106 Å². The maximum Gasteiger partial charge on any atom is 0.519 e. The zero-order valence-electron chi connectivity index (χ0n) is 66.8. The molecule has 0 bridgehead atoms. The van der Waals surface area contributed by atoms with Gasteiger partial charge >= 0.3 is 30.9 Å². The van der Waals surface area contributed by atoms with Crippen molar-refractivity contribution >= 4 is 12.6 Å². The van der Waals surface area contributed by atoms with Gasteiger partial charge in [-0.2, -0.15) is 52.7 Å². The minimum Gasteiger partial charge on any atom is -0.496 e. The van der Waals surface area contributed by atoms with Gasteiger partial charge in [-0.25, -0.2) is 4.79 Å². The minimum absolute atomic E-state index is 0.0492. The lowest BCUT2D eigenvalue weighted by atomic mass is 9.68. The van der Waals surface area contributed by atoms with E-state index in [0.29, 0.717) is 91.8 Å². The molecule has 119 heavy (non-hydrogen) atoms. The van der Waals surface area contributed by atoms with E-state index in [9.17, 15) is 9.59 Å². The Bertz CT molecular complexity index is 6170. The Hall–Kier alpha value is -11.7. The number of aryl methyl sites for hydroxylation is 3. The topological polar surface area (TPSA) is 71.1 Å². The van der Waals surface area contributed by atoms with Crippen molar-refractivity contribution in [1.82, 2.24) is 0 Å². The quantitative estimate of drug-likeness (QED) is 0.0264. The van der Waals surface area contributed by atoms with Crippen LogP contribution in [0.4, 0.5) is 57.5 Å².